The lowest BCUT2D eigenvalue weighted by molar-refractivity contribution is -0.387. The summed E-state index contributed by atoms with van der Waals surface area (Å²) in [5, 5.41) is 17.1. The maximum atomic E-state index is 12.6. The summed E-state index contributed by atoms with van der Waals surface area (Å²) in [6.07, 6.45) is -4.77. The zero-order valence-electron chi connectivity index (χ0n) is 8.50. The number of alkyl halides is 3. The van der Waals surface area contributed by atoms with Gasteiger partial charge in [-0.25, -0.2) is 0 Å². The van der Waals surface area contributed by atoms with Gasteiger partial charge < -0.3 is 0 Å². The van der Waals surface area contributed by atoms with Gasteiger partial charge in [0, 0.05) is 17.1 Å². The van der Waals surface area contributed by atoms with E-state index in [-0.39, 0.29) is 5.52 Å². The van der Waals surface area contributed by atoms with Crippen LogP contribution in [0.25, 0.3) is 10.9 Å². The molecule has 90 valence electrons. The van der Waals surface area contributed by atoms with Crippen molar-refractivity contribution in [2.24, 2.45) is 0 Å². The second kappa shape index (κ2) is 3.44. The van der Waals surface area contributed by atoms with Gasteiger partial charge >= 0.3 is 6.18 Å². The first-order valence-corrected chi connectivity index (χ1v) is 4.51. The molecule has 0 fully saturated rings. The Morgan fingerprint density at radius 1 is 1.41 bits per heavy atom. The number of nitro benzene ring substituents is 1. The van der Waals surface area contributed by atoms with E-state index in [4.69, 9.17) is 0 Å². The maximum absolute atomic E-state index is 12.6. The monoisotopic (exact) mass is 245 g/mol. The molecule has 0 atom stereocenters. The second-order valence-electron chi connectivity index (χ2n) is 3.49. The minimum atomic E-state index is -4.77. The van der Waals surface area contributed by atoms with E-state index in [0.717, 1.165) is 6.07 Å². The van der Waals surface area contributed by atoms with E-state index >= 15 is 0 Å². The third-order valence-corrected chi connectivity index (χ3v) is 2.36. The number of aromatic amines is 1. The number of rotatable bonds is 1. The topological polar surface area (TPSA) is 71.8 Å². The van der Waals surface area contributed by atoms with Crippen LogP contribution in [-0.2, 0) is 6.18 Å². The minimum Gasteiger partial charge on any atom is -0.282 e. The van der Waals surface area contributed by atoms with Crippen LogP contribution in [-0.4, -0.2) is 15.1 Å². The van der Waals surface area contributed by atoms with Gasteiger partial charge in [-0.3, -0.25) is 15.2 Å². The number of nitro groups is 1. The van der Waals surface area contributed by atoms with E-state index in [0.29, 0.717) is 17.1 Å². The predicted octanol–water partition coefficient (Wildman–Crippen LogP) is 2.80. The summed E-state index contributed by atoms with van der Waals surface area (Å²) in [5.41, 5.74) is -1.71. The predicted molar refractivity (Wildman–Crippen MR) is 52.5 cm³/mol. The van der Waals surface area contributed by atoms with Crippen molar-refractivity contribution in [2.75, 3.05) is 0 Å². The molecule has 2 aromatic rings. The van der Waals surface area contributed by atoms with Gasteiger partial charge in [0.2, 0.25) is 0 Å². The average molecular weight is 245 g/mol. The minimum absolute atomic E-state index is 0.0559. The number of H-pyrrole nitrogens is 1. The summed E-state index contributed by atoms with van der Waals surface area (Å²) in [7, 11) is 0. The first-order chi connectivity index (χ1) is 7.80. The van der Waals surface area contributed by atoms with Crippen LogP contribution in [0, 0.1) is 17.0 Å². The van der Waals surface area contributed by atoms with Crippen molar-refractivity contribution in [2.45, 2.75) is 13.1 Å². The van der Waals surface area contributed by atoms with E-state index in [1.54, 1.807) is 6.92 Å². The van der Waals surface area contributed by atoms with Crippen LogP contribution in [0.3, 0.4) is 0 Å². The molecule has 0 unspecified atom stereocenters. The lowest BCUT2D eigenvalue weighted by Gasteiger charge is -2.06. The Hall–Kier alpha value is -2.12. The molecule has 0 aliphatic carbocycles. The molecule has 0 aliphatic heterocycles. The fourth-order valence-corrected chi connectivity index (χ4v) is 1.55. The van der Waals surface area contributed by atoms with Crippen LogP contribution < -0.4 is 0 Å². The molecule has 0 saturated carbocycles. The quantitative estimate of drug-likeness (QED) is 0.620. The molecule has 2 rings (SSSR count). The number of benzene rings is 1. The van der Waals surface area contributed by atoms with Gasteiger partial charge in [-0.2, -0.15) is 18.3 Å². The van der Waals surface area contributed by atoms with Crippen molar-refractivity contribution in [1.29, 1.82) is 0 Å². The Bertz CT molecular complexity index is 603. The van der Waals surface area contributed by atoms with Crippen LogP contribution in [0.2, 0.25) is 0 Å². The van der Waals surface area contributed by atoms with Crippen LogP contribution in [0.15, 0.2) is 12.1 Å². The third-order valence-electron chi connectivity index (χ3n) is 2.36. The van der Waals surface area contributed by atoms with E-state index in [1.807, 2.05) is 0 Å². The van der Waals surface area contributed by atoms with Gasteiger partial charge in [0.1, 0.15) is 5.56 Å². The van der Waals surface area contributed by atoms with Crippen LogP contribution in [0.1, 0.15) is 11.3 Å². The fourth-order valence-electron chi connectivity index (χ4n) is 1.55. The molecular weight excluding hydrogens is 239 g/mol. The highest BCUT2D eigenvalue weighted by Crippen LogP contribution is 2.38. The lowest BCUT2D eigenvalue weighted by Crippen LogP contribution is -2.08. The number of aromatic nitrogens is 2. The highest BCUT2D eigenvalue weighted by atomic mass is 19.4. The Kier molecular flexibility index (Phi) is 2.30. The molecule has 0 spiro atoms. The Morgan fingerprint density at radius 2 is 2.06 bits per heavy atom. The molecule has 8 heteroatoms. The molecule has 0 amide bonds. The van der Waals surface area contributed by atoms with Crippen LogP contribution in [0.5, 0.6) is 0 Å². The smallest absolute Gasteiger partial charge is 0.282 e. The van der Waals surface area contributed by atoms with Gasteiger partial charge in [-0.05, 0) is 13.0 Å². The second-order valence-corrected chi connectivity index (χ2v) is 3.49. The first-order valence-electron chi connectivity index (χ1n) is 4.51. The van der Waals surface area contributed by atoms with Crippen molar-refractivity contribution in [1.82, 2.24) is 10.2 Å². The zero-order chi connectivity index (χ0) is 12.8. The van der Waals surface area contributed by atoms with Gasteiger partial charge in [0.25, 0.3) is 5.69 Å². The molecule has 0 radical (unpaired) electrons. The number of fused-ring (bicyclic) bond motifs is 1. The summed E-state index contributed by atoms with van der Waals surface area (Å²) in [6, 6.07) is 1.56. The molecule has 0 saturated heterocycles. The van der Waals surface area contributed by atoms with Gasteiger partial charge in [-0.15, -0.1) is 0 Å². The molecule has 5 nitrogen and oxygen atoms in total. The van der Waals surface area contributed by atoms with E-state index in [9.17, 15) is 23.3 Å². The van der Waals surface area contributed by atoms with Gasteiger partial charge in [0.15, 0.2) is 0 Å². The van der Waals surface area contributed by atoms with Crippen molar-refractivity contribution < 1.29 is 18.1 Å². The Labute approximate surface area is 92.4 Å². The maximum Gasteiger partial charge on any atom is 0.423 e. The fraction of sp³-hybridized carbons (Fsp3) is 0.222. The normalized spacial score (nSPS) is 12.0. The molecule has 1 N–H and O–H groups in total. The number of nitrogens with one attached hydrogen (secondary N) is 1. The third kappa shape index (κ3) is 1.81. The summed E-state index contributed by atoms with van der Waals surface area (Å²) in [4.78, 5) is 9.57. The molecule has 1 aromatic heterocycles. The van der Waals surface area contributed by atoms with E-state index < -0.39 is 22.4 Å². The average Bonchev–Trinajstić information content (AvgIpc) is 2.57. The van der Waals surface area contributed by atoms with Crippen molar-refractivity contribution >= 4 is 16.6 Å². The van der Waals surface area contributed by atoms with E-state index in [2.05, 4.69) is 10.2 Å². The van der Waals surface area contributed by atoms with Gasteiger partial charge in [0.05, 0.1) is 10.4 Å². The van der Waals surface area contributed by atoms with Crippen molar-refractivity contribution in [3.05, 3.63) is 33.5 Å². The number of hydrogen-bond donors (Lipinski definition) is 1. The standard InChI is InChI=1S/C9H6F3N3O2/c1-4-5-2-8(15(16)17)6(9(10,11)12)3-7(5)14-13-4/h2-3H,1H3,(H,13,14). The summed E-state index contributed by atoms with van der Waals surface area (Å²) in [5.74, 6) is 0. The summed E-state index contributed by atoms with van der Waals surface area (Å²) in [6.45, 7) is 1.58. The largest absolute Gasteiger partial charge is 0.423 e. The van der Waals surface area contributed by atoms with Gasteiger partial charge in [-0.1, -0.05) is 0 Å². The zero-order valence-corrected chi connectivity index (χ0v) is 8.50. The summed E-state index contributed by atoms with van der Waals surface area (Å²) < 4.78 is 37.8. The molecule has 0 aliphatic rings. The summed E-state index contributed by atoms with van der Waals surface area (Å²) >= 11 is 0. The first kappa shape index (κ1) is 11.4. The number of aryl methyl sites for hydroxylation is 1. The molecular formula is C9H6F3N3O2. The molecule has 1 heterocycles. The number of halogens is 3. The van der Waals surface area contributed by atoms with Crippen molar-refractivity contribution in [3.8, 4) is 0 Å². The highest BCUT2D eigenvalue weighted by molar-refractivity contribution is 5.85. The molecule has 17 heavy (non-hydrogen) atoms. The Morgan fingerprint density at radius 3 is 2.59 bits per heavy atom. The number of hydrogen-bond acceptors (Lipinski definition) is 3. The van der Waals surface area contributed by atoms with Crippen LogP contribution in [0.4, 0.5) is 18.9 Å². The Balaban J connectivity index is 2.82. The lowest BCUT2D eigenvalue weighted by atomic mass is 10.1. The number of nitrogens with zero attached hydrogens (tertiary/aromatic N) is 2. The highest BCUT2D eigenvalue weighted by Gasteiger charge is 2.39. The van der Waals surface area contributed by atoms with Crippen molar-refractivity contribution in [3.63, 3.8) is 0 Å². The molecule has 1 aromatic carbocycles. The SMILES string of the molecule is Cc1[nH]nc2cc(C(F)(F)F)c([N+](=O)[O-])cc12. The molecule has 0 bridgehead atoms. The van der Waals surface area contributed by atoms with E-state index in [1.165, 1.54) is 0 Å². The van der Waals surface area contributed by atoms with Crippen LogP contribution >= 0.6 is 0 Å².